The van der Waals surface area contributed by atoms with Crippen LogP contribution in [0.5, 0.6) is 0 Å². The number of amides is 1. The Balaban J connectivity index is 1.41. The lowest BCUT2D eigenvalue weighted by Gasteiger charge is -2.35. The van der Waals surface area contributed by atoms with Gasteiger partial charge in [0.1, 0.15) is 11.5 Å². The van der Waals surface area contributed by atoms with Gasteiger partial charge in [0.25, 0.3) is 5.91 Å². The monoisotopic (exact) mass is 374 g/mol. The maximum Gasteiger partial charge on any atom is 0.417 e. The summed E-state index contributed by atoms with van der Waals surface area (Å²) in [5.74, 6) is 0.409. The summed E-state index contributed by atoms with van der Waals surface area (Å²) < 4.78 is 37.9. The van der Waals surface area contributed by atoms with Crippen molar-refractivity contribution in [2.24, 2.45) is 0 Å². The lowest BCUT2D eigenvalue weighted by atomic mass is 10.2. The third kappa shape index (κ3) is 3.47. The molecule has 1 amide bonds. The fraction of sp³-hybridized carbons (Fsp3) is 0.263. The van der Waals surface area contributed by atoms with Crippen molar-refractivity contribution in [1.29, 1.82) is 0 Å². The highest BCUT2D eigenvalue weighted by molar-refractivity contribution is 5.98. The van der Waals surface area contributed by atoms with Gasteiger partial charge in [-0.05, 0) is 24.3 Å². The molecule has 0 saturated carbocycles. The minimum atomic E-state index is -4.39. The molecular formula is C19H17F3N4O. The van der Waals surface area contributed by atoms with Gasteiger partial charge in [0.15, 0.2) is 0 Å². The molecule has 0 bridgehead atoms. The summed E-state index contributed by atoms with van der Waals surface area (Å²) in [5, 5.41) is 0.980. The van der Waals surface area contributed by atoms with Gasteiger partial charge < -0.3 is 14.8 Å². The summed E-state index contributed by atoms with van der Waals surface area (Å²) in [6.07, 6.45) is -3.55. The summed E-state index contributed by atoms with van der Waals surface area (Å²) in [4.78, 5) is 23.4. The molecule has 8 heteroatoms. The lowest BCUT2D eigenvalue weighted by molar-refractivity contribution is -0.137. The van der Waals surface area contributed by atoms with Crippen LogP contribution in [0, 0.1) is 0 Å². The second kappa shape index (κ2) is 6.61. The summed E-state index contributed by atoms with van der Waals surface area (Å²) >= 11 is 0. The molecule has 0 radical (unpaired) electrons. The molecule has 0 unspecified atom stereocenters. The van der Waals surface area contributed by atoms with Crippen LogP contribution in [0.3, 0.4) is 0 Å². The Morgan fingerprint density at radius 2 is 1.78 bits per heavy atom. The third-order valence-corrected chi connectivity index (χ3v) is 4.73. The Kier molecular flexibility index (Phi) is 4.25. The molecule has 1 aromatic carbocycles. The molecule has 1 N–H and O–H groups in total. The number of anilines is 1. The van der Waals surface area contributed by atoms with Crippen LogP contribution in [0.15, 0.2) is 48.7 Å². The molecule has 1 saturated heterocycles. The van der Waals surface area contributed by atoms with E-state index in [-0.39, 0.29) is 5.91 Å². The SMILES string of the molecule is O=C(c1cc2ccccc2[nH]1)N1CCN(c2ccc(C(F)(F)F)cn2)CC1. The minimum Gasteiger partial charge on any atom is -0.353 e. The first kappa shape index (κ1) is 17.4. The number of benzene rings is 1. The Labute approximate surface area is 153 Å². The number of aromatic nitrogens is 2. The first-order chi connectivity index (χ1) is 12.9. The highest BCUT2D eigenvalue weighted by Crippen LogP contribution is 2.29. The van der Waals surface area contributed by atoms with Gasteiger partial charge in [-0.3, -0.25) is 4.79 Å². The predicted octanol–water partition coefficient (Wildman–Crippen LogP) is 3.54. The van der Waals surface area contributed by atoms with Crippen LogP contribution in [0.1, 0.15) is 16.1 Å². The number of alkyl halides is 3. The molecule has 5 nitrogen and oxygen atoms in total. The Hall–Kier alpha value is -3.03. The van der Waals surface area contributed by atoms with Gasteiger partial charge in [-0.15, -0.1) is 0 Å². The van der Waals surface area contributed by atoms with E-state index in [9.17, 15) is 18.0 Å². The fourth-order valence-electron chi connectivity index (χ4n) is 3.24. The first-order valence-electron chi connectivity index (χ1n) is 8.57. The number of fused-ring (bicyclic) bond motifs is 1. The van der Waals surface area contributed by atoms with E-state index in [1.54, 1.807) is 4.90 Å². The molecule has 0 spiro atoms. The van der Waals surface area contributed by atoms with E-state index in [0.29, 0.717) is 37.7 Å². The van der Waals surface area contributed by atoms with Gasteiger partial charge in [-0.1, -0.05) is 18.2 Å². The van der Waals surface area contributed by atoms with Crippen molar-refractivity contribution in [1.82, 2.24) is 14.9 Å². The number of hydrogen-bond donors (Lipinski definition) is 1. The molecule has 2 aromatic heterocycles. The average molecular weight is 374 g/mol. The van der Waals surface area contributed by atoms with Gasteiger partial charge in [0.05, 0.1) is 5.56 Å². The van der Waals surface area contributed by atoms with Crippen LogP contribution in [-0.4, -0.2) is 47.0 Å². The lowest BCUT2D eigenvalue weighted by Crippen LogP contribution is -2.49. The van der Waals surface area contributed by atoms with Crippen LogP contribution in [0.4, 0.5) is 19.0 Å². The van der Waals surface area contributed by atoms with Crippen molar-refractivity contribution in [3.05, 3.63) is 59.9 Å². The predicted molar refractivity (Wildman–Crippen MR) is 95.7 cm³/mol. The molecule has 0 atom stereocenters. The largest absolute Gasteiger partial charge is 0.417 e. The van der Waals surface area contributed by atoms with E-state index in [0.717, 1.165) is 23.2 Å². The number of piperazine rings is 1. The topological polar surface area (TPSA) is 52.2 Å². The van der Waals surface area contributed by atoms with Crippen molar-refractivity contribution in [2.75, 3.05) is 31.1 Å². The van der Waals surface area contributed by atoms with Crippen molar-refractivity contribution >= 4 is 22.6 Å². The van der Waals surface area contributed by atoms with Crippen molar-refractivity contribution in [2.45, 2.75) is 6.18 Å². The molecule has 1 fully saturated rings. The number of rotatable bonds is 2. The zero-order chi connectivity index (χ0) is 19.0. The van der Waals surface area contributed by atoms with E-state index in [2.05, 4.69) is 9.97 Å². The highest BCUT2D eigenvalue weighted by atomic mass is 19.4. The number of hydrogen-bond acceptors (Lipinski definition) is 3. The van der Waals surface area contributed by atoms with Crippen LogP contribution in [-0.2, 0) is 6.18 Å². The minimum absolute atomic E-state index is 0.0776. The van der Waals surface area contributed by atoms with Crippen LogP contribution in [0.2, 0.25) is 0 Å². The number of nitrogens with zero attached hydrogens (tertiary/aromatic N) is 3. The molecule has 0 aliphatic carbocycles. The van der Waals surface area contributed by atoms with E-state index in [4.69, 9.17) is 0 Å². The molecule has 4 rings (SSSR count). The van der Waals surface area contributed by atoms with Gasteiger partial charge >= 0.3 is 6.18 Å². The average Bonchev–Trinajstić information content (AvgIpc) is 3.11. The first-order valence-corrected chi connectivity index (χ1v) is 8.57. The maximum atomic E-state index is 12.7. The fourth-order valence-corrected chi connectivity index (χ4v) is 3.24. The van der Waals surface area contributed by atoms with E-state index >= 15 is 0 Å². The second-order valence-electron chi connectivity index (χ2n) is 6.45. The van der Waals surface area contributed by atoms with Crippen LogP contribution >= 0.6 is 0 Å². The Morgan fingerprint density at radius 3 is 2.41 bits per heavy atom. The quantitative estimate of drug-likeness (QED) is 0.747. The molecule has 3 aromatic rings. The van der Waals surface area contributed by atoms with Crippen molar-refractivity contribution in [3.63, 3.8) is 0 Å². The summed E-state index contributed by atoms with van der Waals surface area (Å²) in [7, 11) is 0. The highest BCUT2D eigenvalue weighted by Gasteiger charge is 2.31. The molecule has 27 heavy (non-hydrogen) atoms. The van der Waals surface area contributed by atoms with Crippen molar-refractivity contribution in [3.8, 4) is 0 Å². The number of carbonyl (C=O) groups excluding carboxylic acids is 1. The molecule has 1 aliphatic heterocycles. The standard InChI is InChI=1S/C19H17F3N4O/c20-19(21,22)14-5-6-17(23-12-14)25-7-9-26(10-8-25)18(27)16-11-13-3-1-2-4-15(13)24-16/h1-6,11-12,24H,7-10H2. The number of carbonyl (C=O) groups is 1. The number of aromatic amines is 1. The van der Waals surface area contributed by atoms with Gasteiger partial charge in [-0.25, -0.2) is 4.98 Å². The second-order valence-corrected chi connectivity index (χ2v) is 6.45. The Morgan fingerprint density at radius 1 is 1.04 bits per heavy atom. The molecule has 1 aliphatic rings. The molecule has 140 valence electrons. The van der Waals surface area contributed by atoms with E-state index in [1.165, 1.54) is 6.07 Å². The van der Waals surface area contributed by atoms with E-state index < -0.39 is 11.7 Å². The molecular weight excluding hydrogens is 357 g/mol. The van der Waals surface area contributed by atoms with Crippen LogP contribution < -0.4 is 4.90 Å². The number of pyridine rings is 1. The van der Waals surface area contributed by atoms with Gasteiger partial charge in [-0.2, -0.15) is 13.2 Å². The van der Waals surface area contributed by atoms with Crippen LogP contribution in [0.25, 0.3) is 10.9 Å². The maximum absolute atomic E-state index is 12.7. The Bertz CT molecular complexity index is 924. The summed E-state index contributed by atoms with van der Waals surface area (Å²) in [6, 6.07) is 11.9. The third-order valence-electron chi connectivity index (χ3n) is 4.73. The zero-order valence-electron chi connectivity index (χ0n) is 14.3. The number of H-pyrrole nitrogens is 1. The van der Waals surface area contributed by atoms with E-state index in [1.807, 2.05) is 35.2 Å². The molecule has 3 heterocycles. The van der Waals surface area contributed by atoms with Crippen molar-refractivity contribution < 1.29 is 18.0 Å². The summed E-state index contributed by atoms with van der Waals surface area (Å²) in [6.45, 7) is 2.00. The number of nitrogens with one attached hydrogen (secondary N) is 1. The normalized spacial score (nSPS) is 15.4. The van der Waals surface area contributed by atoms with Gasteiger partial charge in [0.2, 0.25) is 0 Å². The summed E-state index contributed by atoms with van der Waals surface area (Å²) in [5.41, 5.74) is 0.685. The number of halogens is 3. The number of para-hydroxylation sites is 1. The smallest absolute Gasteiger partial charge is 0.353 e. The zero-order valence-corrected chi connectivity index (χ0v) is 14.3. The van der Waals surface area contributed by atoms with Gasteiger partial charge in [0, 0.05) is 43.3 Å².